The molecule has 0 atom stereocenters. The first kappa shape index (κ1) is 18.6. The number of benzene rings is 1. The van der Waals surface area contributed by atoms with Gasteiger partial charge in [-0.2, -0.15) is 0 Å². The second kappa shape index (κ2) is 8.96. The lowest BCUT2D eigenvalue weighted by Crippen LogP contribution is -2.43. The fraction of sp³-hybridized carbons (Fsp3) is 0.400. The Balaban J connectivity index is 1.38. The monoisotopic (exact) mass is 371 g/mol. The van der Waals surface area contributed by atoms with Crippen molar-refractivity contribution in [2.24, 2.45) is 5.92 Å². The van der Waals surface area contributed by atoms with E-state index in [0.717, 1.165) is 31.6 Å². The van der Waals surface area contributed by atoms with Crippen LogP contribution in [-0.2, 0) is 16.1 Å². The molecule has 1 saturated heterocycles. The summed E-state index contributed by atoms with van der Waals surface area (Å²) in [5, 5.41) is 7.96. The van der Waals surface area contributed by atoms with Crippen LogP contribution in [0, 0.1) is 12.8 Å². The van der Waals surface area contributed by atoms with Crippen LogP contribution >= 0.6 is 11.3 Å². The molecule has 0 bridgehead atoms. The number of hydrogen-bond acceptors (Lipinski definition) is 4. The third-order valence-corrected chi connectivity index (χ3v) is 5.55. The number of hydrogen-bond donors (Lipinski definition) is 2. The van der Waals surface area contributed by atoms with Gasteiger partial charge in [0.25, 0.3) is 0 Å². The molecule has 0 radical (unpaired) electrons. The Bertz CT molecular complexity index is 720. The lowest BCUT2D eigenvalue weighted by Gasteiger charge is -2.30. The van der Waals surface area contributed by atoms with Gasteiger partial charge >= 0.3 is 0 Å². The highest BCUT2D eigenvalue weighted by atomic mass is 32.1. The van der Waals surface area contributed by atoms with Crippen LogP contribution < -0.4 is 10.6 Å². The van der Waals surface area contributed by atoms with Gasteiger partial charge in [0.1, 0.15) is 0 Å². The van der Waals surface area contributed by atoms with E-state index in [2.05, 4.69) is 15.5 Å². The van der Waals surface area contributed by atoms with Gasteiger partial charge in [-0.1, -0.05) is 23.8 Å². The topological polar surface area (TPSA) is 61.4 Å². The smallest absolute Gasteiger partial charge is 0.238 e. The maximum atomic E-state index is 12.3. The molecule has 1 aliphatic rings. The van der Waals surface area contributed by atoms with Crippen LogP contribution in [0.3, 0.4) is 0 Å². The molecule has 1 aromatic heterocycles. The van der Waals surface area contributed by atoms with E-state index >= 15 is 0 Å². The van der Waals surface area contributed by atoms with Crippen molar-refractivity contribution in [3.8, 4) is 0 Å². The molecule has 5 nitrogen and oxygen atoms in total. The van der Waals surface area contributed by atoms with Gasteiger partial charge in [0.15, 0.2) is 0 Å². The van der Waals surface area contributed by atoms with Crippen LogP contribution in [-0.4, -0.2) is 36.3 Å². The maximum absolute atomic E-state index is 12.3. The summed E-state index contributed by atoms with van der Waals surface area (Å²) in [6, 6.07) is 11.8. The lowest BCUT2D eigenvalue weighted by molar-refractivity contribution is -0.126. The van der Waals surface area contributed by atoms with E-state index in [-0.39, 0.29) is 17.7 Å². The van der Waals surface area contributed by atoms with Gasteiger partial charge in [0, 0.05) is 16.5 Å². The summed E-state index contributed by atoms with van der Waals surface area (Å²) >= 11 is 1.65. The maximum Gasteiger partial charge on any atom is 0.238 e. The number of likely N-dealkylation sites (tertiary alicyclic amines) is 1. The quantitative estimate of drug-likeness (QED) is 0.820. The molecular formula is C20H25N3O2S. The average Bonchev–Trinajstić information content (AvgIpc) is 3.16. The summed E-state index contributed by atoms with van der Waals surface area (Å²) < 4.78 is 0. The van der Waals surface area contributed by atoms with Gasteiger partial charge in [-0.25, -0.2) is 0 Å². The molecule has 26 heavy (non-hydrogen) atoms. The van der Waals surface area contributed by atoms with Gasteiger partial charge in [-0.3, -0.25) is 14.5 Å². The summed E-state index contributed by atoms with van der Waals surface area (Å²) in [7, 11) is 0. The van der Waals surface area contributed by atoms with E-state index in [1.807, 2.05) is 48.7 Å². The lowest BCUT2D eigenvalue weighted by atomic mass is 9.96. The molecule has 0 spiro atoms. The molecule has 6 heteroatoms. The Morgan fingerprint density at radius 3 is 2.54 bits per heavy atom. The summed E-state index contributed by atoms with van der Waals surface area (Å²) in [6.45, 7) is 4.55. The van der Waals surface area contributed by atoms with E-state index in [1.54, 1.807) is 11.3 Å². The number of aryl methyl sites for hydroxylation is 1. The van der Waals surface area contributed by atoms with Crippen molar-refractivity contribution in [2.75, 3.05) is 25.0 Å². The van der Waals surface area contributed by atoms with Crippen molar-refractivity contribution in [3.05, 3.63) is 52.2 Å². The van der Waals surface area contributed by atoms with Crippen LogP contribution in [0.2, 0.25) is 0 Å². The number of anilines is 1. The van der Waals surface area contributed by atoms with Crippen LogP contribution in [0.15, 0.2) is 41.8 Å². The minimum atomic E-state index is -0.00514. The zero-order valence-electron chi connectivity index (χ0n) is 15.0. The molecule has 2 aromatic rings. The standard InChI is InChI=1S/C20H25N3O2S/c1-15-4-6-17(7-5-15)22-19(24)14-23-10-8-16(9-11-23)20(25)21-13-18-3-2-12-26-18/h2-7,12,16H,8-11,13-14H2,1H3,(H,21,25)(H,22,24). The second-order valence-electron chi connectivity index (χ2n) is 6.76. The average molecular weight is 372 g/mol. The number of amides is 2. The number of nitrogens with one attached hydrogen (secondary N) is 2. The van der Waals surface area contributed by atoms with E-state index in [0.29, 0.717) is 13.1 Å². The van der Waals surface area contributed by atoms with Gasteiger partial charge in [-0.05, 0) is 56.4 Å². The Hall–Kier alpha value is -2.18. The number of thiophene rings is 1. The molecule has 0 unspecified atom stereocenters. The van der Waals surface area contributed by atoms with Crippen molar-refractivity contribution in [1.82, 2.24) is 10.2 Å². The summed E-state index contributed by atoms with van der Waals surface area (Å²) in [5.41, 5.74) is 1.99. The number of rotatable bonds is 6. The first-order chi connectivity index (χ1) is 12.6. The number of piperidine rings is 1. The zero-order chi connectivity index (χ0) is 18.4. The fourth-order valence-electron chi connectivity index (χ4n) is 3.13. The van der Waals surface area contributed by atoms with Gasteiger partial charge in [0.05, 0.1) is 13.1 Å². The Morgan fingerprint density at radius 1 is 1.15 bits per heavy atom. The van der Waals surface area contributed by atoms with E-state index in [1.165, 1.54) is 10.4 Å². The third-order valence-electron chi connectivity index (χ3n) is 4.68. The molecule has 2 amide bonds. The van der Waals surface area contributed by atoms with E-state index < -0.39 is 0 Å². The number of nitrogens with zero attached hydrogens (tertiary/aromatic N) is 1. The van der Waals surface area contributed by atoms with Crippen molar-refractivity contribution in [1.29, 1.82) is 0 Å². The fourth-order valence-corrected chi connectivity index (χ4v) is 3.77. The summed E-state index contributed by atoms with van der Waals surface area (Å²) in [5.74, 6) is 0.169. The zero-order valence-corrected chi connectivity index (χ0v) is 15.8. The molecule has 3 rings (SSSR count). The minimum Gasteiger partial charge on any atom is -0.351 e. The SMILES string of the molecule is Cc1ccc(NC(=O)CN2CCC(C(=O)NCc3cccs3)CC2)cc1. The Kier molecular flexibility index (Phi) is 6.41. The van der Waals surface area contributed by atoms with E-state index in [9.17, 15) is 9.59 Å². The van der Waals surface area contributed by atoms with Gasteiger partial charge in [0.2, 0.25) is 11.8 Å². The van der Waals surface area contributed by atoms with Crippen molar-refractivity contribution in [3.63, 3.8) is 0 Å². The Labute approximate surface area is 158 Å². The molecule has 0 aliphatic carbocycles. The van der Waals surface area contributed by atoms with E-state index in [4.69, 9.17) is 0 Å². The second-order valence-corrected chi connectivity index (χ2v) is 7.79. The van der Waals surface area contributed by atoms with Crippen LogP contribution in [0.1, 0.15) is 23.3 Å². The van der Waals surface area contributed by atoms with Crippen LogP contribution in [0.4, 0.5) is 5.69 Å². The van der Waals surface area contributed by atoms with Gasteiger partial charge < -0.3 is 10.6 Å². The van der Waals surface area contributed by atoms with Crippen LogP contribution in [0.5, 0.6) is 0 Å². The highest BCUT2D eigenvalue weighted by Gasteiger charge is 2.25. The largest absolute Gasteiger partial charge is 0.351 e. The predicted molar refractivity (Wildman–Crippen MR) is 105 cm³/mol. The predicted octanol–water partition coefficient (Wildman–Crippen LogP) is 3.02. The molecule has 0 saturated carbocycles. The van der Waals surface area contributed by atoms with Crippen molar-refractivity contribution in [2.45, 2.75) is 26.3 Å². The molecule has 1 aliphatic heterocycles. The van der Waals surface area contributed by atoms with Crippen molar-refractivity contribution >= 4 is 28.8 Å². The van der Waals surface area contributed by atoms with Crippen molar-refractivity contribution < 1.29 is 9.59 Å². The highest BCUT2D eigenvalue weighted by Crippen LogP contribution is 2.18. The normalized spacial score (nSPS) is 15.6. The third kappa shape index (κ3) is 5.41. The molecule has 1 fully saturated rings. The first-order valence-corrected chi connectivity index (χ1v) is 9.87. The summed E-state index contributed by atoms with van der Waals surface area (Å²) in [6.07, 6.45) is 1.60. The molecule has 2 heterocycles. The van der Waals surface area contributed by atoms with Gasteiger partial charge in [-0.15, -0.1) is 11.3 Å². The molecule has 1 aromatic carbocycles. The molecular weight excluding hydrogens is 346 g/mol. The highest BCUT2D eigenvalue weighted by molar-refractivity contribution is 7.09. The number of carbonyl (C=O) groups is 2. The number of carbonyl (C=O) groups excluding carboxylic acids is 2. The minimum absolute atomic E-state index is 0.00514. The van der Waals surface area contributed by atoms with Crippen LogP contribution in [0.25, 0.3) is 0 Å². The first-order valence-electron chi connectivity index (χ1n) is 8.99. The molecule has 2 N–H and O–H groups in total. The Morgan fingerprint density at radius 2 is 1.88 bits per heavy atom. The summed E-state index contributed by atoms with van der Waals surface area (Å²) in [4.78, 5) is 27.8. The molecule has 138 valence electrons.